The Balaban J connectivity index is 2.25. The van der Waals surface area contributed by atoms with E-state index in [1.54, 1.807) is 6.92 Å². The Morgan fingerprint density at radius 1 is 1.53 bits per heavy atom. The van der Waals surface area contributed by atoms with Crippen LogP contribution in [0.1, 0.15) is 25.3 Å². The lowest BCUT2D eigenvalue weighted by Crippen LogP contribution is -2.20. The molecular formula is C12H17N5O2. The van der Waals surface area contributed by atoms with E-state index < -0.39 is 5.97 Å². The zero-order valence-corrected chi connectivity index (χ0v) is 10.9. The van der Waals surface area contributed by atoms with E-state index in [1.165, 1.54) is 4.68 Å². The standard InChI is InChI=1S/C12H17N5O2/c1-2-19-10(18)8-17-11(14)9(7-13)12(15-17)16-5-3-4-6-16/h2-6,8,14H2,1H3. The number of nitrogen functional groups attached to an aromatic ring is 1. The van der Waals surface area contributed by atoms with Crippen LogP contribution in [0.2, 0.25) is 0 Å². The maximum absolute atomic E-state index is 11.5. The maximum Gasteiger partial charge on any atom is 0.327 e. The van der Waals surface area contributed by atoms with Crippen molar-refractivity contribution in [3.63, 3.8) is 0 Å². The summed E-state index contributed by atoms with van der Waals surface area (Å²) in [5.74, 6) is 0.383. The summed E-state index contributed by atoms with van der Waals surface area (Å²) in [6, 6.07) is 2.06. The van der Waals surface area contributed by atoms with Crippen molar-refractivity contribution in [1.82, 2.24) is 9.78 Å². The van der Waals surface area contributed by atoms with Gasteiger partial charge >= 0.3 is 5.97 Å². The molecule has 19 heavy (non-hydrogen) atoms. The van der Waals surface area contributed by atoms with Crippen LogP contribution in [0.3, 0.4) is 0 Å². The van der Waals surface area contributed by atoms with Crippen LogP contribution < -0.4 is 10.6 Å². The molecule has 1 aromatic heterocycles. The van der Waals surface area contributed by atoms with E-state index in [0.717, 1.165) is 25.9 Å². The van der Waals surface area contributed by atoms with Crippen LogP contribution in [-0.4, -0.2) is 35.4 Å². The molecule has 0 spiro atoms. The topological polar surface area (TPSA) is 97.2 Å². The third kappa shape index (κ3) is 2.62. The molecule has 7 nitrogen and oxygen atoms in total. The number of ether oxygens (including phenoxy) is 1. The molecule has 0 aromatic carbocycles. The van der Waals surface area contributed by atoms with Gasteiger partial charge in [-0.3, -0.25) is 4.79 Å². The van der Waals surface area contributed by atoms with Crippen LogP contribution in [0.25, 0.3) is 0 Å². The summed E-state index contributed by atoms with van der Waals surface area (Å²) in [5.41, 5.74) is 6.21. The molecule has 0 radical (unpaired) electrons. The minimum absolute atomic E-state index is 0.0673. The summed E-state index contributed by atoms with van der Waals surface area (Å²) in [4.78, 5) is 13.5. The van der Waals surface area contributed by atoms with Gasteiger partial charge in [0.05, 0.1) is 6.61 Å². The van der Waals surface area contributed by atoms with Crippen LogP contribution in [0.4, 0.5) is 11.6 Å². The Morgan fingerprint density at radius 3 is 2.79 bits per heavy atom. The first-order valence-electron chi connectivity index (χ1n) is 6.34. The first-order chi connectivity index (χ1) is 9.17. The molecule has 1 aliphatic rings. The second kappa shape index (κ2) is 5.61. The molecule has 1 fully saturated rings. The summed E-state index contributed by atoms with van der Waals surface area (Å²) in [7, 11) is 0. The van der Waals surface area contributed by atoms with Gasteiger partial charge in [-0.1, -0.05) is 0 Å². The monoisotopic (exact) mass is 263 g/mol. The summed E-state index contributed by atoms with van der Waals surface area (Å²) < 4.78 is 6.19. The SMILES string of the molecule is CCOC(=O)Cn1nc(N2CCCC2)c(C#N)c1N. The Bertz CT molecular complexity index is 511. The molecular weight excluding hydrogens is 246 g/mol. The molecule has 1 aliphatic heterocycles. The fourth-order valence-corrected chi connectivity index (χ4v) is 2.17. The van der Waals surface area contributed by atoms with Crippen molar-refractivity contribution in [3.05, 3.63) is 5.56 Å². The van der Waals surface area contributed by atoms with Crippen LogP contribution in [0.5, 0.6) is 0 Å². The molecule has 1 saturated heterocycles. The van der Waals surface area contributed by atoms with E-state index in [1.807, 2.05) is 4.90 Å². The molecule has 0 aliphatic carbocycles. The maximum atomic E-state index is 11.5. The summed E-state index contributed by atoms with van der Waals surface area (Å²) in [5, 5.41) is 13.5. The first-order valence-corrected chi connectivity index (χ1v) is 6.34. The average Bonchev–Trinajstić information content (AvgIpc) is 2.99. The summed E-state index contributed by atoms with van der Waals surface area (Å²) >= 11 is 0. The Labute approximate surface area is 111 Å². The molecule has 0 atom stereocenters. The fraction of sp³-hybridized carbons (Fsp3) is 0.583. The van der Waals surface area contributed by atoms with Crippen LogP contribution >= 0.6 is 0 Å². The van der Waals surface area contributed by atoms with Crippen LogP contribution in [0.15, 0.2) is 0 Å². The average molecular weight is 263 g/mol. The first kappa shape index (κ1) is 13.2. The molecule has 0 amide bonds. The number of rotatable bonds is 4. The van der Waals surface area contributed by atoms with E-state index in [2.05, 4.69) is 11.2 Å². The molecule has 1 aromatic rings. The number of carbonyl (C=O) groups excluding carboxylic acids is 1. The number of anilines is 2. The predicted octanol–water partition coefficient (Wildman–Crippen LogP) is 0.500. The zero-order valence-electron chi connectivity index (χ0n) is 10.9. The highest BCUT2D eigenvalue weighted by Crippen LogP contribution is 2.27. The van der Waals surface area contributed by atoms with Crippen molar-refractivity contribution in [1.29, 1.82) is 5.26 Å². The van der Waals surface area contributed by atoms with E-state index in [9.17, 15) is 10.1 Å². The van der Waals surface area contributed by atoms with Crippen LogP contribution in [0, 0.1) is 11.3 Å². The lowest BCUT2D eigenvalue weighted by Gasteiger charge is -2.13. The summed E-state index contributed by atoms with van der Waals surface area (Å²) in [6.45, 7) is 3.71. The van der Waals surface area contributed by atoms with Gasteiger partial charge in [0.1, 0.15) is 24.0 Å². The van der Waals surface area contributed by atoms with E-state index in [4.69, 9.17) is 10.5 Å². The molecule has 0 saturated carbocycles. The van der Waals surface area contributed by atoms with Gasteiger partial charge in [-0.15, -0.1) is 0 Å². The van der Waals surface area contributed by atoms with Gasteiger partial charge in [0.15, 0.2) is 5.82 Å². The highest BCUT2D eigenvalue weighted by Gasteiger charge is 2.24. The van der Waals surface area contributed by atoms with Crippen molar-refractivity contribution >= 4 is 17.6 Å². The Hall–Kier alpha value is -2.23. The number of esters is 1. The minimum Gasteiger partial charge on any atom is -0.465 e. The zero-order chi connectivity index (χ0) is 13.8. The number of carbonyl (C=O) groups is 1. The smallest absolute Gasteiger partial charge is 0.327 e. The lowest BCUT2D eigenvalue weighted by molar-refractivity contribution is -0.143. The second-order valence-corrected chi connectivity index (χ2v) is 4.35. The highest BCUT2D eigenvalue weighted by molar-refractivity contribution is 5.72. The number of nitrogens with zero attached hydrogens (tertiary/aromatic N) is 4. The van der Waals surface area contributed by atoms with Gasteiger partial charge in [0, 0.05) is 13.1 Å². The van der Waals surface area contributed by atoms with Gasteiger partial charge in [0.25, 0.3) is 0 Å². The van der Waals surface area contributed by atoms with E-state index >= 15 is 0 Å². The van der Waals surface area contributed by atoms with E-state index in [0.29, 0.717) is 18.0 Å². The largest absolute Gasteiger partial charge is 0.465 e. The third-order valence-electron chi connectivity index (χ3n) is 3.07. The molecule has 2 heterocycles. The van der Waals surface area contributed by atoms with E-state index in [-0.39, 0.29) is 12.4 Å². The minimum atomic E-state index is -0.408. The van der Waals surface area contributed by atoms with Gasteiger partial charge in [-0.05, 0) is 19.8 Å². The van der Waals surface area contributed by atoms with Crippen molar-refractivity contribution in [2.45, 2.75) is 26.3 Å². The molecule has 7 heteroatoms. The second-order valence-electron chi connectivity index (χ2n) is 4.35. The fourth-order valence-electron chi connectivity index (χ4n) is 2.17. The van der Waals surface area contributed by atoms with Crippen molar-refractivity contribution in [2.24, 2.45) is 0 Å². The Kier molecular flexibility index (Phi) is 3.90. The van der Waals surface area contributed by atoms with Gasteiger partial charge < -0.3 is 15.4 Å². The molecule has 2 N–H and O–H groups in total. The van der Waals surface area contributed by atoms with Gasteiger partial charge in [-0.25, -0.2) is 4.68 Å². The van der Waals surface area contributed by atoms with Crippen molar-refractivity contribution < 1.29 is 9.53 Å². The quantitative estimate of drug-likeness (QED) is 0.794. The van der Waals surface area contributed by atoms with Gasteiger partial charge in [0.2, 0.25) is 0 Å². The molecule has 2 rings (SSSR count). The highest BCUT2D eigenvalue weighted by atomic mass is 16.5. The lowest BCUT2D eigenvalue weighted by atomic mass is 10.3. The Morgan fingerprint density at radius 2 is 2.21 bits per heavy atom. The normalized spacial score (nSPS) is 14.4. The summed E-state index contributed by atoms with van der Waals surface area (Å²) in [6.07, 6.45) is 2.16. The van der Waals surface area contributed by atoms with Crippen molar-refractivity contribution in [2.75, 3.05) is 30.3 Å². The van der Waals surface area contributed by atoms with Gasteiger partial charge in [-0.2, -0.15) is 10.4 Å². The number of aromatic nitrogens is 2. The van der Waals surface area contributed by atoms with Crippen LogP contribution in [-0.2, 0) is 16.1 Å². The number of hydrogen-bond acceptors (Lipinski definition) is 6. The number of hydrogen-bond donors (Lipinski definition) is 1. The van der Waals surface area contributed by atoms with Crippen molar-refractivity contribution in [3.8, 4) is 6.07 Å². The third-order valence-corrected chi connectivity index (χ3v) is 3.07. The number of nitriles is 1. The number of nitrogens with two attached hydrogens (primary N) is 1. The predicted molar refractivity (Wildman–Crippen MR) is 69.4 cm³/mol. The molecule has 102 valence electrons. The molecule has 0 unspecified atom stereocenters. The molecule has 0 bridgehead atoms.